The van der Waals surface area contributed by atoms with Crippen LogP contribution in [-0.2, 0) is 0 Å². The van der Waals surface area contributed by atoms with Crippen molar-refractivity contribution in [3.05, 3.63) is 66.5 Å². The number of primary amides is 1. The predicted octanol–water partition coefficient (Wildman–Crippen LogP) is 2.98. The minimum atomic E-state index is -0.509. The number of nitrogens with one attached hydrogen (secondary N) is 2. The Morgan fingerprint density at radius 2 is 1.74 bits per heavy atom. The van der Waals surface area contributed by atoms with Crippen LogP contribution in [0.3, 0.4) is 0 Å². The summed E-state index contributed by atoms with van der Waals surface area (Å²) in [7, 11) is 0. The molecule has 0 aliphatic heterocycles. The number of anilines is 2. The van der Waals surface area contributed by atoms with E-state index < -0.39 is 5.91 Å². The molecule has 0 aliphatic rings. The molecule has 3 aromatic rings. The highest BCUT2D eigenvalue weighted by molar-refractivity contribution is 6.06. The molecule has 0 saturated heterocycles. The SMILES string of the molecule is NC(=O)c1ccc(NC(=O)Nc2cccc3cnccc23)cc1. The van der Waals surface area contributed by atoms with Crippen molar-refractivity contribution in [2.45, 2.75) is 0 Å². The second-order valence-electron chi connectivity index (χ2n) is 4.92. The van der Waals surface area contributed by atoms with Gasteiger partial charge in [-0.15, -0.1) is 0 Å². The van der Waals surface area contributed by atoms with Gasteiger partial charge in [0.25, 0.3) is 0 Å². The fourth-order valence-electron chi connectivity index (χ4n) is 2.23. The number of nitrogens with zero attached hydrogens (tertiary/aromatic N) is 1. The molecule has 3 rings (SSSR count). The van der Waals surface area contributed by atoms with Gasteiger partial charge in [-0.25, -0.2) is 4.79 Å². The summed E-state index contributed by atoms with van der Waals surface area (Å²) in [6.45, 7) is 0. The summed E-state index contributed by atoms with van der Waals surface area (Å²) < 4.78 is 0. The molecule has 23 heavy (non-hydrogen) atoms. The first-order chi connectivity index (χ1) is 11.1. The van der Waals surface area contributed by atoms with Gasteiger partial charge in [0.05, 0.1) is 5.69 Å². The van der Waals surface area contributed by atoms with Crippen LogP contribution >= 0.6 is 0 Å². The van der Waals surface area contributed by atoms with Crippen molar-refractivity contribution in [3.63, 3.8) is 0 Å². The number of hydrogen-bond acceptors (Lipinski definition) is 3. The summed E-state index contributed by atoms with van der Waals surface area (Å²) in [5.41, 5.74) is 6.82. The zero-order valence-electron chi connectivity index (χ0n) is 12.1. The normalized spacial score (nSPS) is 10.3. The van der Waals surface area contributed by atoms with Gasteiger partial charge in [-0.3, -0.25) is 9.78 Å². The van der Waals surface area contributed by atoms with E-state index in [9.17, 15) is 9.59 Å². The number of rotatable bonds is 3. The van der Waals surface area contributed by atoms with Gasteiger partial charge in [-0.1, -0.05) is 12.1 Å². The molecule has 4 N–H and O–H groups in total. The number of benzene rings is 2. The maximum atomic E-state index is 12.1. The molecule has 0 saturated carbocycles. The van der Waals surface area contributed by atoms with Crippen molar-refractivity contribution in [1.29, 1.82) is 0 Å². The zero-order chi connectivity index (χ0) is 16.2. The molecular formula is C17H14N4O2. The first-order valence-corrected chi connectivity index (χ1v) is 6.94. The van der Waals surface area contributed by atoms with Crippen LogP contribution in [0.5, 0.6) is 0 Å². The third kappa shape index (κ3) is 3.26. The number of fused-ring (bicyclic) bond motifs is 1. The quantitative estimate of drug-likeness (QED) is 0.694. The van der Waals surface area contributed by atoms with Gasteiger partial charge in [-0.05, 0) is 36.4 Å². The minimum absolute atomic E-state index is 0.374. The monoisotopic (exact) mass is 306 g/mol. The lowest BCUT2D eigenvalue weighted by atomic mass is 10.1. The second kappa shape index (κ2) is 6.15. The van der Waals surface area contributed by atoms with E-state index in [4.69, 9.17) is 5.73 Å². The van der Waals surface area contributed by atoms with Crippen molar-refractivity contribution in [2.24, 2.45) is 5.73 Å². The van der Waals surface area contributed by atoms with Crippen LogP contribution in [0.4, 0.5) is 16.2 Å². The Bertz CT molecular complexity index is 870. The van der Waals surface area contributed by atoms with Gasteiger partial charge in [0.2, 0.25) is 5.91 Å². The lowest BCUT2D eigenvalue weighted by Crippen LogP contribution is -2.19. The Morgan fingerprint density at radius 1 is 0.957 bits per heavy atom. The fourth-order valence-corrected chi connectivity index (χ4v) is 2.23. The fraction of sp³-hybridized carbons (Fsp3) is 0. The molecule has 0 radical (unpaired) electrons. The molecule has 6 nitrogen and oxygen atoms in total. The number of aromatic nitrogens is 1. The number of hydrogen-bond donors (Lipinski definition) is 3. The Hall–Kier alpha value is -3.41. The van der Waals surface area contributed by atoms with Crippen LogP contribution in [0.15, 0.2) is 60.9 Å². The van der Waals surface area contributed by atoms with E-state index in [-0.39, 0.29) is 6.03 Å². The molecule has 0 bridgehead atoms. The van der Waals surface area contributed by atoms with E-state index >= 15 is 0 Å². The topological polar surface area (TPSA) is 97.1 Å². The van der Waals surface area contributed by atoms with E-state index in [1.165, 1.54) is 0 Å². The van der Waals surface area contributed by atoms with Crippen LogP contribution in [0.2, 0.25) is 0 Å². The highest BCUT2D eigenvalue weighted by atomic mass is 16.2. The number of amides is 3. The van der Waals surface area contributed by atoms with Gasteiger partial charge in [-0.2, -0.15) is 0 Å². The van der Waals surface area contributed by atoms with Crippen molar-refractivity contribution >= 4 is 34.1 Å². The molecule has 1 aromatic heterocycles. The summed E-state index contributed by atoms with van der Waals surface area (Å²) in [5.74, 6) is -0.509. The van der Waals surface area contributed by atoms with Gasteiger partial charge in [0, 0.05) is 34.4 Å². The molecule has 0 unspecified atom stereocenters. The third-order valence-corrected chi connectivity index (χ3v) is 3.36. The van der Waals surface area contributed by atoms with E-state index in [1.807, 2.05) is 24.3 Å². The minimum Gasteiger partial charge on any atom is -0.366 e. The Balaban J connectivity index is 1.75. The largest absolute Gasteiger partial charge is 0.366 e. The van der Waals surface area contributed by atoms with Gasteiger partial charge in [0.1, 0.15) is 0 Å². The van der Waals surface area contributed by atoms with Crippen LogP contribution in [0, 0.1) is 0 Å². The highest BCUT2D eigenvalue weighted by Gasteiger charge is 2.06. The average Bonchev–Trinajstić information content (AvgIpc) is 2.55. The van der Waals surface area contributed by atoms with Crippen molar-refractivity contribution in [2.75, 3.05) is 10.6 Å². The van der Waals surface area contributed by atoms with E-state index in [2.05, 4.69) is 15.6 Å². The van der Waals surface area contributed by atoms with Gasteiger partial charge < -0.3 is 16.4 Å². The Labute approximate surface area is 132 Å². The van der Waals surface area contributed by atoms with Gasteiger partial charge in [0.15, 0.2) is 0 Å². The van der Waals surface area contributed by atoms with Crippen molar-refractivity contribution in [3.8, 4) is 0 Å². The summed E-state index contributed by atoms with van der Waals surface area (Å²) in [6.07, 6.45) is 3.41. The first kappa shape index (κ1) is 14.5. The lowest BCUT2D eigenvalue weighted by Gasteiger charge is -2.10. The predicted molar refractivity (Wildman–Crippen MR) is 89.3 cm³/mol. The molecule has 114 valence electrons. The molecular weight excluding hydrogens is 292 g/mol. The maximum Gasteiger partial charge on any atom is 0.323 e. The van der Waals surface area contributed by atoms with E-state index in [1.54, 1.807) is 36.7 Å². The standard InChI is InChI=1S/C17H14N4O2/c18-16(22)11-4-6-13(7-5-11)20-17(23)21-15-3-1-2-12-10-19-9-8-14(12)15/h1-10H,(H2,18,22)(H2,20,21,23). The number of nitrogens with two attached hydrogens (primary N) is 1. The van der Waals surface area contributed by atoms with E-state index in [0.29, 0.717) is 16.9 Å². The number of urea groups is 1. The summed E-state index contributed by atoms with van der Waals surface area (Å²) in [5, 5.41) is 7.35. The molecule has 2 aromatic carbocycles. The van der Waals surface area contributed by atoms with Crippen LogP contribution in [0.25, 0.3) is 10.8 Å². The van der Waals surface area contributed by atoms with Crippen LogP contribution in [-0.4, -0.2) is 16.9 Å². The van der Waals surface area contributed by atoms with Crippen LogP contribution in [0.1, 0.15) is 10.4 Å². The molecule has 0 atom stereocenters. The second-order valence-corrected chi connectivity index (χ2v) is 4.92. The Morgan fingerprint density at radius 3 is 2.48 bits per heavy atom. The Kier molecular flexibility index (Phi) is 3.88. The lowest BCUT2D eigenvalue weighted by molar-refractivity contribution is 0.100. The zero-order valence-corrected chi connectivity index (χ0v) is 12.1. The maximum absolute atomic E-state index is 12.1. The summed E-state index contributed by atoms with van der Waals surface area (Å²) in [6, 6.07) is 13.4. The number of carbonyl (C=O) groups excluding carboxylic acids is 2. The third-order valence-electron chi connectivity index (χ3n) is 3.36. The highest BCUT2D eigenvalue weighted by Crippen LogP contribution is 2.22. The summed E-state index contributed by atoms with van der Waals surface area (Å²) >= 11 is 0. The first-order valence-electron chi connectivity index (χ1n) is 6.94. The molecule has 1 heterocycles. The average molecular weight is 306 g/mol. The molecule has 0 fully saturated rings. The van der Waals surface area contributed by atoms with Crippen molar-refractivity contribution in [1.82, 2.24) is 4.98 Å². The van der Waals surface area contributed by atoms with E-state index in [0.717, 1.165) is 10.8 Å². The molecule has 0 spiro atoms. The van der Waals surface area contributed by atoms with Crippen LogP contribution < -0.4 is 16.4 Å². The molecule has 0 aliphatic carbocycles. The number of carbonyl (C=O) groups is 2. The molecule has 3 amide bonds. The van der Waals surface area contributed by atoms with Gasteiger partial charge >= 0.3 is 6.03 Å². The molecule has 6 heteroatoms. The number of pyridine rings is 1. The smallest absolute Gasteiger partial charge is 0.323 e. The van der Waals surface area contributed by atoms with Crippen molar-refractivity contribution < 1.29 is 9.59 Å². The summed E-state index contributed by atoms with van der Waals surface area (Å²) in [4.78, 5) is 27.2.